The van der Waals surface area contributed by atoms with Crippen molar-refractivity contribution in [1.29, 1.82) is 0 Å². The second-order valence-corrected chi connectivity index (χ2v) is 9.56. The summed E-state index contributed by atoms with van der Waals surface area (Å²) in [5.41, 5.74) is 1.31. The number of sulfonamides is 1. The maximum atomic E-state index is 13.0. The van der Waals surface area contributed by atoms with E-state index in [2.05, 4.69) is 36.1 Å². The standard InChI is InChI=1S/C22H30N2O3S/c1-18(2)27-21-9-11-22(12-10-21)28(25,26)24-16-15-23(19(3)17-24)14-13-20-7-5-4-6-8-20/h4-12,18-19H,13-17H2,1-3H3. The van der Waals surface area contributed by atoms with E-state index in [9.17, 15) is 8.42 Å². The average molecular weight is 403 g/mol. The minimum absolute atomic E-state index is 0.0623. The molecule has 0 N–H and O–H groups in total. The number of rotatable bonds is 7. The highest BCUT2D eigenvalue weighted by molar-refractivity contribution is 7.89. The van der Waals surface area contributed by atoms with E-state index in [-0.39, 0.29) is 12.1 Å². The molecule has 3 rings (SSSR count). The molecule has 2 aromatic rings. The molecule has 0 aliphatic carbocycles. The number of ether oxygens (including phenoxy) is 1. The van der Waals surface area contributed by atoms with Crippen LogP contribution in [0.4, 0.5) is 0 Å². The Morgan fingerprint density at radius 2 is 1.71 bits per heavy atom. The number of piperazine rings is 1. The van der Waals surface area contributed by atoms with Crippen LogP contribution in [0.3, 0.4) is 0 Å². The molecule has 28 heavy (non-hydrogen) atoms. The first-order valence-corrected chi connectivity index (χ1v) is 11.3. The second kappa shape index (κ2) is 9.07. The van der Waals surface area contributed by atoms with Gasteiger partial charge in [0.2, 0.25) is 10.0 Å². The van der Waals surface area contributed by atoms with Crippen molar-refractivity contribution in [2.24, 2.45) is 0 Å². The molecule has 0 amide bonds. The molecule has 5 nitrogen and oxygen atoms in total. The van der Waals surface area contributed by atoms with E-state index in [4.69, 9.17) is 4.74 Å². The Labute approximate surface area is 169 Å². The average Bonchev–Trinajstić information content (AvgIpc) is 2.68. The molecule has 1 aliphatic heterocycles. The summed E-state index contributed by atoms with van der Waals surface area (Å²) >= 11 is 0. The third kappa shape index (κ3) is 5.13. The van der Waals surface area contributed by atoms with Crippen LogP contribution < -0.4 is 4.74 Å². The monoisotopic (exact) mass is 402 g/mol. The third-order valence-corrected chi connectivity index (χ3v) is 6.97. The van der Waals surface area contributed by atoms with Crippen LogP contribution in [0.5, 0.6) is 5.75 Å². The fourth-order valence-corrected chi connectivity index (χ4v) is 5.05. The zero-order valence-corrected chi connectivity index (χ0v) is 17.7. The van der Waals surface area contributed by atoms with Gasteiger partial charge in [0.1, 0.15) is 5.75 Å². The van der Waals surface area contributed by atoms with Crippen LogP contribution in [0, 0.1) is 0 Å². The van der Waals surface area contributed by atoms with Crippen LogP contribution in [0.2, 0.25) is 0 Å². The molecule has 152 valence electrons. The van der Waals surface area contributed by atoms with Gasteiger partial charge in [-0.05, 0) is 57.0 Å². The van der Waals surface area contributed by atoms with Gasteiger partial charge in [0, 0.05) is 32.2 Å². The second-order valence-electron chi connectivity index (χ2n) is 7.62. The lowest BCUT2D eigenvalue weighted by atomic mass is 10.1. The predicted molar refractivity (Wildman–Crippen MR) is 112 cm³/mol. The number of benzene rings is 2. The van der Waals surface area contributed by atoms with E-state index >= 15 is 0 Å². The molecule has 2 aromatic carbocycles. The summed E-state index contributed by atoms with van der Waals surface area (Å²) in [5, 5.41) is 0. The van der Waals surface area contributed by atoms with Gasteiger partial charge in [-0.2, -0.15) is 4.31 Å². The van der Waals surface area contributed by atoms with Crippen molar-refractivity contribution >= 4 is 10.0 Å². The number of nitrogens with zero attached hydrogens (tertiary/aromatic N) is 2. The predicted octanol–water partition coefficient (Wildman–Crippen LogP) is 3.41. The van der Waals surface area contributed by atoms with E-state index in [0.29, 0.717) is 23.7 Å². The highest BCUT2D eigenvalue weighted by atomic mass is 32.2. The van der Waals surface area contributed by atoms with E-state index < -0.39 is 10.0 Å². The Bertz CT molecular complexity index is 851. The largest absolute Gasteiger partial charge is 0.491 e. The molecule has 1 unspecified atom stereocenters. The minimum atomic E-state index is -3.48. The normalized spacial score (nSPS) is 19.1. The van der Waals surface area contributed by atoms with Gasteiger partial charge in [0.05, 0.1) is 11.0 Å². The molecule has 0 saturated carbocycles. The first-order valence-electron chi connectivity index (χ1n) is 9.91. The van der Waals surface area contributed by atoms with E-state index in [1.807, 2.05) is 19.9 Å². The highest BCUT2D eigenvalue weighted by Crippen LogP contribution is 2.23. The lowest BCUT2D eigenvalue weighted by Crippen LogP contribution is -2.53. The fraction of sp³-hybridized carbons (Fsp3) is 0.455. The first kappa shape index (κ1) is 20.8. The zero-order chi connectivity index (χ0) is 20.1. The molecular weight excluding hydrogens is 372 g/mol. The molecule has 1 heterocycles. The van der Waals surface area contributed by atoms with E-state index in [0.717, 1.165) is 19.5 Å². The molecule has 0 spiro atoms. The summed E-state index contributed by atoms with van der Waals surface area (Å²) in [7, 11) is -3.48. The Hall–Kier alpha value is -1.89. The Morgan fingerprint density at radius 3 is 2.32 bits per heavy atom. The van der Waals surface area contributed by atoms with Crippen molar-refractivity contribution in [1.82, 2.24) is 9.21 Å². The zero-order valence-electron chi connectivity index (χ0n) is 16.9. The van der Waals surface area contributed by atoms with Gasteiger partial charge >= 0.3 is 0 Å². The first-order chi connectivity index (χ1) is 13.4. The summed E-state index contributed by atoms with van der Waals surface area (Å²) in [4.78, 5) is 2.70. The molecule has 1 saturated heterocycles. The molecule has 0 radical (unpaired) electrons. The molecule has 6 heteroatoms. The Kier molecular flexibility index (Phi) is 6.75. The van der Waals surface area contributed by atoms with Gasteiger partial charge in [-0.3, -0.25) is 4.90 Å². The van der Waals surface area contributed by atoms with Crippen molar-refractivity contribution in [3.8, 4) is 5.75 Å². The van der Waals surface area contributed by atoms with Crippen LogP contribution in [0.1, 0.15) is 26.3 Å². The summed E-state index contributed by atoms with van der Waals surface area (Å²) in [6, 6.07) is 17.3. The van der Waals surface area contributed by atoms with Crippen molar-refractivity contribution in [3.05, 3.63) is 60.2 Å². The van der Waals surface area contributed by atoms with E-state index in [1.54, 1.807) is 28.6 Å². The van der Waals surface area contributed by atoms with Gasteiger partial charge < -0.3 is 4.74 Å². The SMILES string of the molecule is CC(C)Oc1ccc(S(=O)(=O)N2CCN(CCc3ccccc3)C(C)C2)cc1. The third-order valence-electron chi connectivity index (χ3n) is 5.09. The van der Waals surface area contributed by atoms with Crippen molar-refractivity contribution in [2.75, 3.05) is 26.2 Å². The number of hydrogen-bond donors (Lipinski definition) is 0. The quantitative estimate of drug-likeness (QED) is 0.712. The molecule has 1 fully saturated rings. The molecule has 1 atom stereocenters. The lowest BCUT2D eigenvalue weighted by Gasteiger charge is -2.39. The minimum Gasteiger partial charge on any atom is -0.491 e. The summed E-state index contributed by atoms with van der Waals surface area (Å²) in [6.07, 6.45) is 1.04. The van der Waals surface area contributed by atoms with Gasteiger partial charge in [-0.1, -0.05) is 30.3 Å². The maximum absolute atomic E-state index is 13.0. The van der Waals surface area contributed by atoms with Crippen LogP contribution in [-0.2, 0) is 16.4 Å². The molecule has 0 aromatic heterocycles. The van der Waals surface area contributed by atoms with Crippen molar-refractivity contribution < 1.29 is 13.2 Å². The van der Waals surface area contributed by atoms with Gasteiger partial charge in [-0.15, -0.1) is 0 Å². The maximum Gasteiger partial charge on any atom is 0.243 e. The molecular formula is C22H30N2O3S. The summed E-state index contributed by atoms with van der Waals surface area (Å²) < 4.78 is 33.3. The van der Waals surface area contributed by atoms with Gasteiger partial charge in [0.15, 0.2) is 0 Å². The molecule has 1 aliphatic rings. The van der Waals surface area contributed by atoms with Crippen LogP contribution in [-0.4, -0.2) is 55.9 Å². The van der Waals surface area contributed by atoms with Gasteiger partial charge in [0.25, 0.3) is 0 Å². The highest BCUT2D eigenvalue weighted by Gasteiger charge is 2.32. The fourth-order valence-electron chi connectivity index (χ4n) is 3.54. The topological polar surface area (TPSA) is 49.9 Å². The summed E-state index contributed by atoms with van der Waals surface area (Å²) in [6.45, 7) is 8.73. The summed E-state index contributed by atoms with van der Waals surface area (Å²) in [5.74, 6) is 0.688. The molecule has 0 bridgehead atoms. The van der Waals surface area contributed by atoms with E-state index in [1.165, 1.54) is 5.56 Å². The van der Waals surface area contributed by atoms with Crippen LogP contribution in [0.25, 0.3) is 0 Å². The lowest BCUT2D eigenvalue weighted by molar-refractivity contribution is 0.130. The Balaban J connectivity index is 1.60. The van der Waals surface area contributed by atoms with Crippen molar-refractivity contribution in [2.45, 2.75) is 44.2 Å². The van der Waals surface area contributed by atoms with Crippen LogP contribution >= 0.6 is 0 Å². The number of hydrogen-bond acceptors (Lipinski definition) is 4. The van der Waals surface area contributed by atoms with Crippen molar-refractivity contribution in [3.63, 3.8) is 0 Å². The Morgan fingerprint density at radius 1 is 1.04 bits per heavy atom. The smallest absolute Gasteiger partial charge is 0.243 e. The van der Waals surface area contributed by atoms with Gasteiger partial charge in [-0.25, -0.2) is 8.42 Å². The van der Waals surface area contributed by atoms with Crippen LogP contribution in [0.15, 0.2) is 59.5 Å².